The summed E-state index contributed by atoms with van der Waals surface area (Å²) in [4.78, 5) is 0. The van der Waals surface area contributed by atoms with Crippen molar-refractivity contribution in [1.29, 1.82) is 0 Å². The smallest absolute Gasteiger partial charge is 0.0189 e. The second-order valence-corrected chi connectivity index (χ2v) is 6.04. The molecule has 17 heavy (non-hydrogen) atoms. The Morgan fingerprint density at radius 2 is 2.12 bits per heavy atom. The van der Waals surface area contributed by atoms with Gasteiger partial charge < -0.3 is 5.32 Å². The van der Waals surface area contributed by atoms with Gasteiger partial charge in [-0.05, 0) is 43.0 Å². The van der Waals surface area contributed by atoms with Crippen LogP contribution in [0.15, 0.2) is 30.3 Å². The summed E-state index contributed by atoms with van der Waals surface area (Å²) in [7, 11) is 2.11. The molecule has 94 valence electrons. The van der Waals surface area contributed by atoms with E-state index in [0.29, 0.717) is 6.04 Å². The first-order valence-corrected chi connectivity index (χ1v) is 7.82. The third kappa shape index (κ3) is 3.49. The second kappa shape index (κ2) is 6.46. The van der Waals surface area contributed by atoms with Crippen LogP contribution in [0.2, 0.25) is 0 Å². The summed E-state index contributed by atoms with van der Waals surface area (Å²) in [5.74, 6) is 4.21. The molecule has 1 nitrogen and oxygen atoms in total. The first kappa shape index (κ1) is 13.0. The van der Waals surface area contributed by atoms with Gasteiger partial charge in [-0.1, -0.05) is 37.3 Å². The largest absolute Gasteiger partial charge is 0.316 e. The molecule has 1 fully saturated rings. The predicted molar refractivity (Wildman–Crippen MR) is 77.8 cm³/mol. The second-order valence-electron chi connectivity index (χ2n) is 4.89. The fraction of sp³-hybridized carbons (Fsp3) is 0.600. The van der Waals surface area contributed by atoms with Gasteiger partial charge in [0.15, 0.2) is 0 Å². The molecule has 1 aliphatic carbocycles. The van der Waals surface area contributed by atoms with Crippen molar-refractivity contribution in [2.24, 2.45) is 5.92 Å². The molecular formula is C15H23NS. The van der Waals surface area contributed by atoms with E-state index >= 15 is 0 Å². The number of rotatable bonds is 7. The van der Waals surface area contributed by atoms with Crippen LogP contribution in [0.3, 0.4) is 0 Å². The molecule has 3 unspecified atom stereocenters. The minimum atomic E-state index is 0.691. The SMILES string of the molecule is CCCSCC(NC)C1CC1c1ccccc1. The van der Waals surface area contributed by atoms with Crippen molar-refractivity contribution < 1.29 is 0 Å². The molecule has 1 saturated carbocycles. The first-order chi connectivity index (χ1) is 8.36. The molecule has 0 heterocycles. The average molecular weight is 249 g/mol. The zero-order valence-corrected chi connectivity index (χ0v) is 11.7. The van der Waals surface area contributed by atoms with E-state index in [1.54, 1.807) is 0 Å². The lowest BCUT2D eigenvalue weighted by atomic mass is 10.1. The number of benzene rings is 1. The summed E-state index contributed by atoms with van der Waals surface area (Å²) in [6, 6.07) is 11.7. The van der Waals surface area contributed by atoms with E-state index in [2.05, 4.69) is 61.4 Å². The van der Waals surface area contributed by atoms with Gasteiger partial charge in [0.25, 0.3) is 0 Å². The maximum atomic E-state index is 3.50. The van der Waals surface area contributed by atoms with Crippen LogP contribution in [-0.2, 0) is 0 Å². The highest BCUT2D eigenvalue weighted by molar-refractivity contribution is 7.99. The molecule has 0 aliphatic heterocycles. The molecule has 2 heteroatoms. The van der Waals surface area contributed by atoms with Gasteiger partial charge in [-0.25, -0.2) is 0 Å². The van der Waals surface area contributed by atoms with E-state index < -0.39 is 0 Å². The monoisotopic (exact) mass is 249 g/mol. The fourth-order valence-corrected chi connectivity index (χ4v) is 3.64. The Bertz CT molecular complexity index is 325. The van der Waals surface area contributed by atoms with E-state index in [9.17, 15) is 0 Å². The van der Waals surface area contributed by atoms with E-state index in [0.717, 1.165) is 11.8 Å². The quantitative estimate of drug-likeness (QED) is 0.742. The van der Waals surface area contributed by atoms with Crippen LogP contribution in [0.4, 0.5) is 0 Å². The first-order valence-electron chi connectivity index (χ1n) is 6.66. The van der Waals surface area contributed by atoms with Crippen LogP contribution in [0.1, 0.15) is 31.2 Å². The average Bonchev–Trinajstić information content (AvgIpc) is 3.16. The lowest BCUT2D eigenvalue weighted by Gasteiger charge is -2.15. The van der Waals surface area contributed by atoms with Crippen LogP contribution >= 0.6 is 11.8 Å². The maximum absolute atomic E-state index is 3.50. The molecule has 0 radical (unpaired) electrons. The Morgan fingerprint density at radius 3 is 2.76 bits per heavy atom. The van der Waals surface area contributed by atoms with Crippen molar-refractivity contribution in [3.63, 3.8) is 0 Å². The minimum absolute atomic E-state index is 0.691. The summed E-state index contributed by atoms with van der Waals surface area (Å²) in [5, 5.41) is 3.50. The fourth-order valence-electron chi connectivity index (χ4n) is 2.52. The van der Waals surface area contributed by atoms with Gasteiger partial charge in [0.2, 0.25) is 0 Å². The molecule has 0 saturated heterocycles. The molecule has 2 rings (SSSR count). The standard InChI is InChI=1S/C15H23NS/c1-3-9-17-11-15(16-2)14-10-13(14)12-7-5-4-6-8-12/h4-8,13-16H,3,9-11H2,1-2H3. The highest BCUT2D eigenvalue weighted by atomic mass is 32.2. The highest BCUT2D eigenvalue weighted by Crippen LogP contribution is 2.49. The zero-order valence-electron chi connectivity index (χ0n) is 10.9. The van der Waals surface area contributed by atoms with Gasteiger partial charge in [0.1, 0.15) is 0 Å². The Labute approximate surface area is 109 Å². The van der Waals surface area contributed by atoms with Crippen molar-refractivity contribution in [1.82, 2.24) is 5.32 Å². The van der Waals surface area contributed by atoms with Gasteiger partial charge in [0, 0.05) is 11.8 Å². The number of thioether (sulfide) groups is 1. The van der Waals surface area contributed by atoms with Gasteiger partial charge in [-0.3, -0.25) is 0 Å². The Balaban J connectivity index is 1.83. The highest BCUT2D eigenvalue weighted by Gasteiger charge is 2.42. The minimum Gasteiger partial charge on any atom is -0.316 e. The molecule has 1 aliphatic rings. The Hall–Kier alpha value is -0.470. The summed E-state index contributed by atoms with van der Waals surface area (Å²) in [5.41, 5.74) is 1.53. The van der Waals surface area contributed by atoms with E-state index in [1.165, 1.54) is 29.9 Å². The molecule has 3 atom stereocenters. The lowest BCUT2D eigenvalue weighted by molar-refractivity contribution is 0.542. The maximum Gasteiger partial charge on any atom is 0.0189 e. The van der Waals surface area contributed by atoms with Crippen LogP contribution in [-0.4, -0.2) is 24.6 Å². The van der Waals surface area contributed by atoms with Gasteiger partial charge >= 0.3 is 0 Å². The van der Waals surface area contributed by atoms with Crippen molar-refractivity contribution in [2.45, 2.75) is 31.7 Å². The topological polar surface area (TPSA) is 12.0 Å². The third-order valence-electron chi connectivity index (χ3n) is 3.60. The molecular weight excluding hydrogens is 226 g/mol. The van der Waals surface area contributed by atoms with Crippen LogP contribution in [0.25, 0.3) is 0 Å². The number of hydrogen-bond acceptors (Lipinski definition) is 2. The Morgan fingerprint density at radius 1 is 1.35 bits per heavy atom. The van der Waals surface area contributed by atoms with Gasteiger partial charge in [0.05, 0.1) is 0 Å². The van der Waals surface area contributed by atoms with Crippen molar-refractivity contribution >= 4 is 11.8 Å². The molecule has 0 bridgehead atoms. The molecule has 1 aromatic carbocycles. The molecule has 0 aromatic heterocycles. The molecule has 0 amide bonds. The number of hydrogen-bond donors (Lipinski definition) is 1. The van der Waals surface area contributed by atoms with Gasteiger partial charge in [-0.2, -0.15) is 11.8 Å². The van der Waals surface area contributed by atoms with Crippen molar-refractivity contribution in [3.8, 4) is 0 Å². The van der Waals surface area contributed by atoms with Crippen LogP contribution < -0.4 is 5.32 Å². The lowest BCUT2D eigenvalue weighted by Crippen LogP contribution is -2.30. The molecule has 1 N–H and O–H groups in total. The van der Waals surface area contributed by atoms with E-state index in [1.807, 2.05) is 0 Å². The predicted octanol–water partition coefficient (Wildman–Crippen LogP) is 3.52. The third-order valence-corrected chi connectivity index (χ3v) is 4.89. The zero-order chi connectivity index (χ0) is 12.1. The van der Waals surface area contributed by atoms with Crippen molar-refractivity contribution in [3.05, 3.63) is 35.9 Å². The van der Waals surface area contributed by atoms with Crippen LogP contribution in [0.5, 0.6) is 0 Å². The summed E-state index contributed by atoms with van der Waals surface area (Å²) < 4.78 is 0. The van der Waals surface area contributed by atoms with Crippen LogP contribution in [0, 0.1) is 5.92 Å². The van der Waals surface area contributed by atoms with Gasteiger partial charge in [-0.15, -0.1) is 0 Å². The Kier molecular flexibility index (Phi) is 4.93. The summed E-state index contributed by atoms with van der Waals surface area (Å²) in [6.45, 7) is 2.26. The summed E-state index contributed by atoms with van der Waals surface area (Å²) in [6.07, 6.45) is 2.65. The molecule has 1 aromatic rings. The number of nitrogens with one attached hydrogen (secondary N) is 1. The summed E-state index contributed by atoms with van der Waals surface area (Å²) >= 11 is 2.09. The molecule has 0 spiro atoms. The van der Waals surface area contributed by atoms with E-state index in [-0.39, 0.29) is 0 Å². The normalized spacial score (nSPS) is 24.6. The van der Waals surface area contributed by atoms with Crippen molar-refractivity contribution in [2.75, 3.05) is 18.6 Å². The van der Waals surface area contributed by atoms with E-state index in [4.69, 9.17) is 0 Å².